The van der Waals surface area contributed by atoms with E-state index in [1.807, 2.05) is 60.7 Å². The van der Waals surface area contributed by atoms with Gasteiger partial charge in [0, 0.05) is 36.0 Å². The molecular formula is C48H46N2O7. The molecule has 2 fully saturated rings. The fourth-order valence-corrected chi connectivity index (χ4v) is 7.12. The second-order valence-corrected chi connectivity index (χ2v) is 15.4. The normalized spacial score (nSPS) is 14.6. The predicted molar refractivity (Wildman–Crippen MR) is 219 cm³/mol. The lowest BCUT2D eigenvalue weighted by Crippen LogP contribution is -2.28. The van der Waals surface area contributed by atoms with Gasteiger partial charge in [0.05, 0.1) is 23.6 Å². The molecule has 2 heterocycles. The van der Waals surface area contributed by atoms with Gasteiger partial charge in [-0.1, -0.05) is 24.3 Å². The summed E-state index contributed by atoms with van der Waals surface area (Å²) in [6, 6.07) is 26.9. The zero-order valence-electron chi connectivity index (χ0n) is 33.2. The van der Waals surface area contributed by atoms with Crippen LogP contribution in [-0.2, 0) is 36.8 Å². The van der Waals surface area contributed by atoms with Gasteiger partial charge in [-0.2, -0.15) is 0 Å². The Labute approximate surface area is 332 Å². The Hall–Kier alpha value is -6.22. The van der Waals surface area contributed by atoms with Crippen LogP contribution in [0.5, 0.6) is 23.0 Å². The maximum absolute atomic E-state index is 12.5. The van der Waals surface area contributed by atoms with E-state index in [-0.39, 0.29) is 30.2 Å². The Bertz CT molecular complexity index is 2530. The molecule has 2 aliphatic carbocycles. The summed E-state index contributed by atoms with van der Waals surface area (Å²) in [5.41, 5.74) is 6.69. The summed E-state index contributed by atoms with van der Waals surface area (Å²) in [4.78, 5) is 57.5. The molecular weight excluding hydrogens is 717 g/mol. The first kappa shape index (κ1) is 39.0. The molecule has 0 aliphatic heterocycles. The van der Waals surface area contributed by atoms with Gasteiger partial charge >= 0.3 is 5.97 Å². The van der Waals surface area contributed by atoms with Crippen molar-refractivity contribution in [2.75, 3.05) is 7.11 Å². The van der Waals surface area contributed by atoms with Crippen LogP contribution >= 0.6 is 0 Å². The summed E-state index contributed by atoms with van der Waals surface area (Å²) in [5.74, 6) is 2.40. The minimum absolute atomic E-state index is 0.00690. The highest BCUT2D eigenvalue weighted by atomic mass is 16.5. The Morgan fingerprint density at radius 1 is 0.561 bits per heavy atom. The van der Waals surface area contributed by atoms with Gasteiger partial charge < -0.3 is 14.2 Å². The fourth-order valence-electron chi connectivity index (χ4n) is 7.12. The lowest BCUT2D eigenvalue weighted by Gasteiger charge is -2.12. The molecule has 57 heavy (non-hydrogen) atoms. The van der Waals surface area contributed by atoms with E-state index in [2.05, 4.69) is 61.9 Å². The van der Waals surface area contributed by atoms with E-state index in [1.165, 1.54) is 36.3 Å². The number of pyridine rings is 2. The third-order valence-electron chi connectivity index (χ3n) is 11.5. The summed E-state index contributed by atoms with van der Waals surface area (Å²) in [5, 5.41) is 1.94. The van der Waals surface area contributed by atoms with Gasteiger partial charge in [0.2, 0.25) is 0 Å². The first-order valence-corrected chi connectivity index (χ1v) is 19.2. The first-order valence-electron chi connectivity index (χ1n) is 19.2. The molecule has 0 radical (unpaired) electrons. The van der Waals surface area contributed by atoms with Gasteiger partial charge in [0.25, 0.3) is 0 Å². The number of benzene rings is 4. The van der Waals surface area contributed by atoms with Crippen molar-refractivity contribution >= 4 is 45.1 Å². The van der Waals surface area contributed by atoms with E-state index in [4.69, 9.17) is 14.2 Å². The molecule has 6 aromatic rings. The van der Waals surface area contributed by atoms with E-state index in [0.29, 0.717) is 37.2 Å². The number of Topliss-reactive ketones (excluding diaryl/α,β-unsaturated/α-hetero) is 3. The van der Waals surface area contributed by atoms with Crippen LogP contribution in [0.15, 0.2) is 97.3 Å². The van der Waals surface area contributed by atoms with Crippen LogP contribution in [0.3, 0.4) is 0 Å². The zero-order valence-corrected chi connectivity index (χ0v) is 33.2. The summed E-state index contributed by atoms with van der Waals surface area (Å²) < 4.78 is 17.0. The molecule has 2 aliphatic rings. The van der Waals surface area contributed by atoms with Crippen molar-refractivity contribution < 1.29 is 33.4 Å². The lowest BCUT2D eigenvalue weighted by atomic mass is 9.92. The van der Waals surface area contributed by atoms with Crippen LogP contribution in [0.1, 0.15) is 66.0 Å². The van der Waals surface area contributed by atoms with Gasteiger partial charge in [-0.3, -0.25) is 29.1 Å². The maximum Gasteiger partial charge on any atom is 0.319 e. The molecule has 0 atom stereocenters. The second-order valence-electron chi connectivity index (χ2n) is 15.4. The van der Waals surface area contributed by atoms with E-state index < -0.39 is 16.8 Å². The highest BCUT2D eigenvalue weighted by Gasteiger charge is 2.57. The van der Waals surface area contributed by atoms with Gasteiger partial charge in [-0.25, -0.2) is 0 Å². The topological polar surface area (TPSA) is 122 Å². The summed E-state index contributed by atoms with van der Waals surface area (Å²) in [6.45, 7) is 9.80. The average Bonchev–Trinajstić information content (AvgIpc) is 4.13. The van der Waals surface area contributed by atoms with Crippen LogP contribution in [-0.4, -0.2) is 40.4 Å². The highest BCUT2D eigenvalue weighted by molar-refractivity contribution is 6.09. The number of ketones is 3. The number of nitrogens with zero attached hydrogens (tertiary/aromatic N) is 2. The summed E-state index contributed by atoms with van der Waals surface area (Å²) in [7, 11) is 1.33. The van der Waals surface area contributed by atoms with Crippen molar-refractivity contribution in [3.05, 3.63) is 131 Å². The van der Waals surface area contributed by atoms with E-state index in [1.54, 1.807) is 12.4 Å². The number of esters is 1. The molecule has 9 nitrogen and oxygen atoms in total. The molecule has 0 amide bonds. The molecule has 9 heteroatoms. The van der Waals surface area contributed by atoms with E-state index in [0.717, 1.165) is 44.4 Å². The highest BCUT2D eigenvalue weighted by Crippen LogP contribution is 2.49. The van der Waals surface area contributed by atoms with Crippen molar-refractivity contribution in [2.24, 2.45) is 10.8 Å². The predicted octanol–water partition coefficient (Wildman–Crippen LogP) is 9.83. The largest absolute Gasteiger partial charge is 0.468 e. The SMILES string of the molecule is CC(=O)C1(C(=O)Cc2ccc(Oc3ccnc4cc(C)c(C)cc34)cc2)CC1.COC(=O)C1(C(=O)Cc2ccc(Oc3ccnc4cc(C)c(C)cc34)cc2)CC1. The number of aryl methyl sites for hydroxylation is 4. The Kier molecular flexibility index (Phi) is 10.8. The first-order chi connectivity index (χ1) is 27.3. The number of hydrogen-bond donors (Lipinski definition) is 0. The van der Waals surface area contributed by atoms with Gasteiger partial charge in [0.1, 0.15) is 34.2 Å². The molecule has 8 rings (SSSR count). The zero-order chi connectivity index (χ0) is 40.5. The maximum atomic E-state index is 12.5. The fraction of sp³-hybridized carbons (Fsp3) is 0.292. The quantitative estimate of drug-likeness (QED) is 0.0886. The number of hydrogen-bond acceptors (Lipinski definition) is 9. The van der Waals surface area contributed by atoms with Crippen LogP contribution in [0, 0.1) is 38.5 Å². The van der Waals surface area contributed by atoms with E-state index >= 15 is 0 Å². The number of fused-ring (bicyclic) bond motifs is 2. The van der Waals surface area contributed by atoms with Crippen molar-refractivity contribution in [1.29, 1.82) is 0 Å². The van der Waals surface area contributed by atoms with Crippen LogP contribution in [0.4, 0.5) is 0 Å². The van der Waals surface area contributed by atoms with E-state index in [9.17, 15) is 19.2 Å². The monoisotopic (exact) mass is 762 g/mol. The Balaban J connectivity index is 0.000000174. The van der Waals surface area contributed by atoms with Crippen molar-refractivity contribution in [2.45, 2.75) is 73.1 Å². The van der Waals surface area contributed by atoms with Crippen molar-refractivity contribution in [3.8, 4) is 23.0 Å². The summed E-state index contributed by atoms with van der Waals surface area (Å²) in [6.07, 6.45) is 6.52. The number of carbonyl (C=O) groups is 4. The molecule has 0 bridgehead atoms. The molecule has 0 spiro atoms. The molecule has 0 saturated heterocycles. The number of aromatic nitrogens is 2. The molecule has 2 aromatic heterocycles. The minimum Gasteiger partial charge on any atom is -0.468 e. The molecule has 0 N–H and O–H groups in total. The minimum atomic E-state index is -0.921. The standard InChI is InChI=1S/C24H23NO4.C24H23NO3/c1-15-12-19-20(13-16(15)2)25-11-8-21(19)29-18-6-4-17(5-7-18)14-22(26)24(9-10-24)23(27)28-3;1-15-12-20-21(13-16(15)2)25-11-8-22(20)28-19-6-4-18(5-7-19)14-23(27)24(9-10-24)17(3)26/h4-8,11-13H,9-10,14H2,1-3H3;4-8,11-13H,9-10,14H2,1-3H3. The molecule has 4 aromatic carbocycles. The van der Waals surface area contributed by atoms with Gasteiger partial charge in [-0.05, 0) is 154 Å². The van der Waals surface area contributed by atoms with Gasteiger partial charge in [0.15, 0.2) is 11.6 Å². The Morgan fingerprint density at radius 2 is 0.947 bits per heavy atom. The van der Waals surface area contributed by atoms with Gasteiger partial charge in [-0.15, -0.1) is 0 Å². The van der Waals surface area contributed by atoms with Crippen LogP contribution < -0.4 is 9.47 Å². The van der Waals surface area contributed by atoms with Crippen LogP contribution in [0.25, 0.3) is 21.8 Å². The summed E-state index contributed by atoms with van der Waals surface area (Å²) >= 11 is 0. The second kappa shape index (κ2) is 15.7. The number of methoxy groups -OCH3 is 1. The number of ether oxygens (including phenoxy) is 3. The average molecular weight is 763 g/mol. The lowest BCUT2D eigenvalue weighted by molar-refractivity contribution is -0.151. The molecule has 0 unspecified atom stereocenters. The van der Waals surface area contributed by atoms with Crippen molar-refractivity contribution in [1.82, 2.24) is 9.97 Å². The smallest absolute Gasteiger partial charge is 0.319 e. The van der Waals surface area contributed by atoms with Crippen LogP contribution in [0.2, 0.25) is 0 Å². The Morgan fingerprint density at radius 3 is 1.32 bits per heavy atom. The molecule has 290 valence electrons. The van der Waals surface area contributed by atoms with Crippen molar-refractivity contribution in [3.63, 3.8) is 0 Å². The molecule has 2 saturated carbocycles. The number of rotatable bonds is 12. The third-order valence-corrected chi connectivity index (χ3v) is 11.5. The number of carbonyl (C=O) groups excluding carboxylic acids is 4. The third kappa shape index (κ3) is 8.19.